The molecule has 1 unspecified atom stereocenters. The highest BCUT2D eigenvalue weighted by molar-refractivity contribution is 5.79. The minimum Gasteiger partial charge on any atom is -0.481 e. The van der Waals surface area contributed by atoms with Gasteiger partial charge < -0.3 is 10.2 Å². The molecule has 0 fully saturated rings. The number of carboxylic acid groups (broad SMARTS) is 2. The Morgan fingerprint density at radius 1 is 0.826 bits per heavy atom. The van der Waals surface area contributed by atoms with Crippen molar-refractivity contribution in [2.24, 2.45) is 5.92 Å². The van der Waals surface area contributed by atoms with Crippen LogP contribution in [0.3, 0.4) is 0 Å². The Balaban J connectivity index is 3.45. The van der Waals surface area contributed by atoms with Gasteiger partial charge in [-0.2, -0.15) is 0 Å². The van der Waals surface area contributed by atoms with Gasteiger partial charge >= 0.3 is 11.9 Å². The summed E-state index contributed by atoms with van der Waals surface area (Å²) in [6.07, 6.45) is 18.0. The van der Waals surface area contributed by atoms with E-state index in [1.54, 1.807) is 0 Å². The molecule has 0 aliphatic rings. The van der Waals surface area contributed by atoms with Gasteiger partial charge in [-0.1, -0.05) is 83.3 Å². The van der Waals surface area contributed by atoms with Gasteiger partial charge in [0.1, 0.15) is 0 Å². The third-order valence-electron chi connectivity index (χ3n) is 4.05. The number of carbonyl (C=O) groups is 2. The van der Waals surface area contributed by atoms with Gasteiger partial charge in [0.05, 0.1) is 12.3 Å². The summed E-state index contributed by atoms with van der Waals surface area (Å²) < 4.78 is 0. The summed E-state index contributed by atoms with van der Waals surface area (Å²) in [7, 11) is 0. The lowest BCUT2D eigenvalue weighted by Gasteiger charge is -2.03. The summed E-state index contributed by atoms with van der Waals surface area (Å²) in [5, 5.41) is 17.5. The first-order valence-corrected chi connectivity index (χ1v) is 9.19. The summed E-state index contributed by atoms with van der Waals surface area (Å²) in [4.78, 5) is 21.4. The molecule has 1 atom stereocenters. The molecular formula is C19H34O4. The normalized spacial score (nSPS) is 12.6. The zero-order chi connectivity index (χ0) is 17.3. The average Bonchev–Trinajstić information content (AvgIpc) is 2.50. The van der Waals surface area contributed by atoms with Crippen LogP contribution in [0, 0.1) is 5.92 Å². The average molecular weight is 326 g/mol. The fourth-order valence-corrected chi connectivity index (χ4v) is 2.61. The van der Waals surface area contributed by atoms with Crippen molar-refractivity contribution in [2.75, 3.05) is 0 Å². The van der Waals surface area contributed by atoms with E-state index in [2.05, 4.69) is 6.92 Å². The molecule has 0 aliphatic heterocycles. The van der Waals surface area contributed by atoms with E-state index in [1.165, 1.54) is 63.9 Å². The van der Waals surface area contributed by atoms with Gasteiger partial charge in [-0.3, -0.25) is 9.59 Å². The maximum Gasteiger partial charge on any atom is 0.310 e. The number of aliphatic carboxylic acids is 2. The minimum atomic E-state index is -1.07. The van der Waals surface area contributed by atoms with E-state index in [0.29, 0.717) is 0 Å². The van der Waals surface area contributed by atoms with Crippen LogP contribution in [-0.2, 0) is 9.59 Å². The smallest absolute Gasteiger partial charge is 0.310 e. The van der Waals surface area contributed by atoms with E-state index < -0.39 is 17.9 Å². The van der Waals surface area contributed by atoms with Crippen LogP contribution < -0.4 is 0 Å². The van der Waals surface area contributed by atoms with E-state index in [9.17, 15) is 9.59 Å². The van der Waals surface area contributed by atoms with Crippen LogP contribution in [0.2, 0.25) is 0 Å². The minimum absolute atomic E-state index is 0.343. The standard InChI is InChI=1S/C19H34O4/c1-2-3-4-5-6-7-8-9-10-11-12-13-14-15-17(19(22)23)16-18(20)21/h14-15,17H,2-13,16H2,1H3,(H,20,21)(H,22,23). The summed E-state index contributed by atoms with van der Waals surface area (Å²) in [6.45, 7) is 2.24. The van der Waals surface area contributed by atoms with Gasteiger partial charge in [-0.15, -0.1) is 0 Å². The summed E-state index contributed by atoms with van der Waals surface area (Å²) in [5.74, 6) is -3.04. The molecule has 0 rings (SSSR count). The lowest BCUT2D eigenvalue weighted by Crippen LogP contribution is -2.15. The molecule has 0 spiro atoms. The van der Waals surface area contributed by atoms with E-state index in [1.807, 2.05) is 6.08 Å². The maximum absolute atomic E-state index is 10.9. The first-order valence-electron chi connectivity index (χ1n) is 9.19. The Labute approximate surface area is 141 Å². The SMILES string of the molecule is CCCCCCCCCCCCCC=CC(CC(=O)O)C(=O)O. The van der Waals surface area contributed by atoms with Crippen molar-refractivity contribution in [3.8, 4) is 0 Å². The predicted octanol–water partition coefficient (Wildman–Crippen LogP) is 5.42. The number of carboxylic acids is 2. The third-order valence-corrected chi connectivity index (χ3v) is 4.05. The highest BCUT2D eigenvalue weighted by Gasteiger charge is 2.17. The van der Waals surface area contributed by atoms with Crippen molar-refractivity contribution in [3.05, 3.63) is 12.2 Å². The molecule has 0 aliphatic carbocycles. The molecule has 23 heavy (non-hydrogen) atoms. The first kappa shape index (κ1) is 21.7. The van der Waals surface area contributed by atoms with Crippen molar-refractivity contribution in [1.29, 1.82) is 0 Å². The monoisotopic (exact) mass is 326 g/mol. The van der Waals surface area contributed by atoms with Crippen LogP contribution >= 0.6 is 0 Å². The predicted molar refractivity (Wildman–Crippen MR) is 93.6 cm³/mol. The molecule has 0 saturated heterocycles. The van der Waals surface area contributed by atoms with Crippen molar-refractivity contribution in [1.82, 2.24) is 0 Å². The van der Waals surface area contributed by atoms with E-state index in [0.717, 1.165) is 19.3 Å². The molecule has 0 bridgehead atoms. The summed E-state index contributed by atoms with van der Waals surface area (Å²) >= 11 is 0. The summed E-state index contributed by atoms with van der Waals surface area (Å²) in [6, 6.07) is 0. The van der Waals surface area contributed by atoms with Gasteiger partial charge in [-0.05, 0) is 12.8 Å². The number of unbranched alkanes of at least 4 members (excludes halogenated alkanes) is 11. The van der Waals surface area contributed by atoms with E-state index in [-0.39, 0.29) is 6.42 Å². The Hall–Kier alpha value is -1.32. The Morgan fingerprint density at radius 2 is 1.30 bits per heavy atom. The quantitative estimate of drug-likeness (QED) is 0.293. The van der Waals surface area contributed by atoms with Gasteiger partial charge in [0.2, 0.25) is 0 Å². The maximum atomic E-state index is 10.9. The van der Waals surface area contributed by atoms with Crippen LogP contribution in [-0.4, -0.2) is 22.2 Å². The van der Waals surface area contributed by atoms with E-state index in [4.69, 9.17) is 10.2 Å². The largest absolute Gasteiger partial charge is 0.481 e. The van der Waals surface area contributed by atoms with Crippen molar-refractivity contribution < 1.29 is 19.8 Å². The number of hydrogen-bond donors (Lipinski definition) is 2. The molecule has 0 aromatic carbocycles. The molecule has 0 amide bonds. The van der Waals surface area contributed by atoms with E-state index >= 15 is 0 Å². The van der Waals surface area contributed by atoms with Crippen LogP contribution in [0.25, 0.3) is 0 Å². The summed E-state index contributed by atoms with van der Waals surface area (Å²) in [5.41, 5.74) is 0. The third kappa shape index (κ3) is 15.4. The molecule has 2 N–H and O–H groups in total. The highest BCUT2D eigenvalue weighted by atomic mass is 16.4. The second kappa shape index (κ2) is 15.6. The topological polar surface area (TPSA) is 74.6 Å². The Morgan fingerprint density at radius 3 is 1.74 bits per heavy atom. The lowest BCUT2D eigenvalue weighted by molar-refractivity contribution is -0.146. The number of hydrogen-bond acceptors (Lipinski definition) is 2. The van der Waals surface area contributed by atoms with Crippen LogP contribution in [0.15, 0.2) is 12.2 Å². The molecule has 0 aromatic rings. The van der Waals surface area contributed by atoms with Gasteiger partial charge in [0, 0.05) is 0 Å². The van der Waals surface area contributed by atoms with Crippen LogP contribution in [0.4, 0.5) is 0 Å². The van der Waals surface area contributed by atoms with Crippen LogP contribution in [0.1, 0.15) is 90.4 Å². The Kier molecular flexibility index (Phi) is 14.7. The Bertz CT molecular complexity index is 336. The van der Waals surface area contributed by atoms with Crippen molar-refractivity contribution in [2.45, 2.75) is 90.4 Å². The molecule has 4 heteroatoms. The van der Waals surface area contributed by atoms with Gasteiger partial charge in [0.25, 0.3) is 0 Å². The molecule has 4 nitrogen and oxygen atoms in total. The molecule has 0 saturated carbocycles. The molecular weight excluding hydrogens is 292 g/mol. The van der Waals surface area contributed by atoms with Crippen LogP contribution in [0.5, 0.6) is 0 Å². The zero-order valence-electron chi connectivity index (χ0n) is 14.6. The number of rotatable bonds is 16. The number of allylic oxidation sites excluding steroid dienone is 1. The second-order valence-electron chi connectivity index (χ2n) is 6.29. The van der Waals surface area contributed by atoms with Crippen molar-refractivity contribution >= 4 is 11.9 Å². The fraction of sp³-hybridized carbons (Fsp3) is 0.789. The molecule has 0 radical (unpaired) electrons. The fourth-order valence-electron chi connectivity index (χ4n) is 2.61. The molecule has 0 heterocycles. The second-order valence-corrected chi connectivity index (χ2v) is 6.29. The first-order chi connectivity index (χ1) is 11.1. The van der Waals surface area contributed by atoms with Crippen molar-refractivity contribution in [3.63, 3.8) is 0 Å². The highest BCUT2D eigenvalue weighted by Crippen LogP contribution is 2.13. The zero-order valence-corrected chi connectivity index (χ0v) is 14.6. The van der Waals surface area contributed by atoms with Gasteiger partial charge in [0.15, 0.2) is 0 Å². The molecule has 0 aromatic heterocycles. The lowest BCUT2D eigenvalue weighted by atomic mass is 10.0. The van der Waals surface area contributed by atoms with Gasteiger partial charge in [-0.25, -0.2) is 0 Å². The molecule has 134 valence electrons.